The van der Waals surface area contributed by atoms with Crippen molar-refractivity contribution in [1.29, 1.82) is 0 Å². The van der Waals surface area contributed by atoms with E-state index >= 15 is 0 Å². The topological polar surface area (TPSA) is 128 Å². The SMILES string of the molecule is CCC(/C=C1\Oc2ccc3ccccc3c2N1CCCS(=O)(=O)[O-])=C\c1oc2ccc3ccccc3c2[n+]1CCCSOO[O-]. The number of aryl methyl sites for hydroxylation is 1. The van der Waals surface area contributed by atoms with Gasteiger partial charge in [-0.1, -0.05) is 61.5 Å². The Kier molecular flexibility index (Phi) is 9.40. The van der Waals surface area contributed by atoms with E-state index in [0.29, 0.717) is 42.7 Å². The molecule has 0 N–H and O–H groups in total. The van der Waals surface area contributed by atoms with Crippen LogP contribution in [0.15, 0.2) is 94.7 Å². The molecule has 10 nitrogen and oxygen atoms in total. The maximum Gasteiger partial charge on any atom is 0.374 e. The van der Waals surface area contributed by atoms with Gasteiger partial charge in [-0.2, -0.15) is 8.90 Å². The Balaban J connectivity index is 1.41. The second-order valence-corrected chi connectivity index (χ2v) is 12.9. The Morgan fingerprint density at radius 1 is 1.00 bits per heavy atom. The maximum absolute atomic E-state index is 11.4. The molecule has 6 rings (SSSR count). The molecule has 0 saturated heterocycles. The number of benzene rings is 4. The number of rotatable bonds is 13. The summed E-state index contributed by atoms with van der Waals surface area (Å²) in [7, 11) is -4.36. The largest absolute Gasteiger partial charge is 0.748 e. The smallest absolute Gasteiger partial charge is 0.374 e. The van der Waals surface area contributed by atoms with Crippen LogP contribution in [0, 0.1) is 0 Å². The standard InChI is InChI=1S/C33H32N2O8S2/c1-2-23(21-30-34(17-7-19-44-43-42-36)32-26-11-5-3-9-24(26)13-15-28(32)40-30)22-31-35(18-8-20-45(37,38)39)33-27-12-6-4-10-25(27)14-16-29(33)41-31/h3-6,9-16,21-22H,2,7-8,17-20H2,1H3,(H-,36,37,38,39)/p-1. The van der Waals surface area contributed by atoms with Gasteiger partial charge in [0, 0.05) is 48.0 Å². The van der Waals surface area contributed by atoms with Crippen molar-refractivity contribution in [2.45, 2.75) is 32.7 Å². The van der Waals surface area contributed by atoms with Crippen molar-refractivity contribution in [3.05, 3.63) is 96.2 Å². The molecule has 0 saturated carbocycles. The third kappa shape index (κ3) is 6.86. The average Bonchev–Trinajstić information content (AvgIpc) is 3.57. The van der Waals surface area contributed by atoms with Crippen molar-refractivity contribution in [1.82, 2.24) is 0 Å². The van der Waals surface area contributed by atoms with Crippen molar-refractivity contribution in [2.24, 2.45) is 0 Å². The minimum absolute atomic E-state index is 0.149. The predicted octanol–water partition coefficient (Wildman–Crippen LogP) is 5.76. The number of anilines is 1. The molecule has 0 spiro atoms. The Bertz CT molecular complexity index is 2020. The summed E-state index contributed by atoms with van der Waals surface area (Å²) >= 11 is 0.950. The molecule has 45 heavy (non-hydrogen) atoms. The van der Waals surface area contributed by atoms with Crippen LogP contribution in [-0.2, 0) is 26.0 Å². The fourth-order valence-corrected chi connectivity index (χ4v) is 6.54. The summed E-state index contributed by atoms with van der Waals surface area (Å²) in [5.74, 6) is 1.91. The highest BCUT2D eigenvalue weighted by atomic mass is 32.2. The molecule has 0 aliphatic carbocycles. The molecule has 0 atom stereocenters. The van der Waals surface area contributed by atoms with E-state index in [9.17, 15) is 18.2 Å². The lowest BCUT2D eigenvalue weighted by Crippen LogP contribution is -2.36. The molecule has 0 unspecified atom stereocenters. The number of allylic oxidation sites excluding steroid dienone is 2. The fraction of sp³-hybridized carbons (Fsp3) is 0.242. The van der Waals surface area contributed by atoms with Gasteiger partial charge in [0.05, 0.1) is 27.3 Å². The summed E-state index contributed by atoms with van der Waals surface area (Å²) in [5.41, 5.74) is 3.46. The minimum atomic E-state index is -4.36. The summed E-state index contributed by atoms with van der Waals surface area (Å²) in [4.78, 5) is 1.95. The number of ether oxygens (including phenoxy) is 1. The Labute approximate surface area is 264 Å². The van der Waals surface area contributed by atoms with E-state index in [1.165, 1.54) is 0 Å². The van der Waals surface area contributed by atoms with Gasteiger partial charge in [-0.15, -0.1) is 0 Å². The fourth-order valence-electron chi connectivity index (χ4n) is 5.70. The highest BCUT2D eigenvalue weighted by Crippen LogP contribution is 2.44. The first kappa shape index (κ1) is 31.1. The molecular weight excluding hydrogens is 617 g/mol. The van der Waals surface area contributed by atoms with Crippen LogP contribution < -0.4 is 19.5 Å². The van der Waals surface area contributed by atoms with Gasteiger partial charge in [0.15, 0.2) is 12.3 Å². The van der Waals surface area contributed by atoms with E-state index in [0.717, 1.165) is 55.9 Å². The first-order chi connectivity index (χ1) is 21.9. The van der Waals surface area contributed by atoms with Crippen LogP contribution in [0.1, 0.15) is 32.1 Å². The van der Waals surface area contributed by atoms with E-state index in [1.807, 2.05) is 84.6 Å². The number of oxazole rings is 1. The van der Waals surface area contributed by atoms with Gasteiger partial charge in [-0.3, -0.25) is 5.04 Å². The molecule has 0 bridgehead atoms. The summed E-state index contributed by atoms with van der Waals surface area (Å²) in [6.07, 6.45) is 5.40. The number of hydrogen-bond acceptors (Lipinski definition) is 10. The second kappa shape index (κ2) is 13.6. The molecular formula is C33H31N2O8S2-. The first-order valence-electron chi connectivity index (χ1n) is 14.6. The predicted molar refractivity (Wildman–Crippen MR) is 171 cm³/mol. The molecule has 2 heterocycles. The molecule has 1 aromatic heterocycles. The van der Waals surface area contributed by atoms with Crippen LogP contribution in [0.5, 0.6) is 5.75 Å². The third-order valence-electron chi connectivity index (χ3n) is 7.72. The van der Waals surface area contributed by atoms with Crippen LogP contribution in [0.25, 0.3) is 38.7 Å². The third-order valence-corrected chi connectivity index (χ3v) is 9.11. The first-order valence-corrected chi connectivity index (χ1v) is 17.1. The van der Waals surface area contributed by atoms with Gasteiger partial charge in [0.2, 0.25) is 11.5 Å². The van der Waals surface area contributed by atoms with E-state index in [-0.39, 0.29) is 13.0 Å². The highest BCUT2D eigenvalue weighted by molar-refractivity contribution is 7.94. The normalized spacial score (nSPS) is 14.6. The maximum atomic E-state index is 11.4. The molecule has 0 amide bonds. The van der Waals surface area contributed by atoms with Gasteiger partial charge >= 0.3 is 5.89 Å². The van der Waals surface area contributed by atoms with Crippen LogP contribution in [0.2, 0.25) is 0 Å². The lowest BCUT2D eigenvalue weighted by atomic mass is 10.1. The van der Waals surface area contributed by atoms with Crippen LogP contribution >= 0.6 is 12.0 Å². The van der Waals surface area contributed by atoms with Gasteiger partial charge in [-0.25, -0.2) is 8.42 Å². The highest BCUT2D eigenvalue weighted by Gasteiger charge is 2.29. The molecule has 5 aromatic rings. The Hall–Kier alpha value is -3.91. The van der Waals surface area contributed by atoms with Crippen molar-refractivity contribution < 1.29 is 41.3 Å². The zero-order chi connectivity index (χ0) is 31.4. The average molecular weight is 648 g/mol. The van der Waals surface area contributed by atoms with Gasteiger partial charge in [0.1, 0.15) is 0 Å². The van der Waals surface area contributed by atoms with Crippen molar-refractivity contribution in [3.63, 3.8) is 0 Å². The molecule has 12 heteroatoms. The van der Waals surface area contributed by atoms with Crippen molar-refractivity contribution >= 4 is 66.6 Å². The van der Waals surface area contributed by atoms with E-state index in [4.69, 9.17) is 9.15 Å². The monoisotopic (exact) mass is 647 g/mol. The van der Waals surface area contributed by atoms with Gasteiger partial charge in [-0.05, 0) is 47.4 Å². The summed E-state index contributed by atoms with van der Waals surface area (Å²) in [6.45, 7) is 2.92. The van der Waals surface area contributed by atoms with E-state index < -0.39 is 15.9 Å². The number of nitrogens with zero attached hydrogens (tertiary/aromatic N) is 2. The summed E-state index contributed by atoms with van der Waals surface area (Å²) in [6, 6.07) is 23.9. The van der Waals surface area contributed by atoms with Crippen LogP contribution in [0.3, 0.4) is 0 Å². The molecule has 0 radical (unpaired) electrons. The number of fused-ring (bicyclic) bond motifs is 6. The molecule has 234 valence electrons. The molecule has 4 aromatic carbocycles. The van der Waals surface area contributed by atoms with Gasteiger partial charge < -0.3 is 23.9 Å². The zero-order valence-corrected chi connectivity index (χ0v) is 26.1. The number of hydrogen-bond donors (Lipinski definition) is 0. The van der Waals surface area contributed by atoms with Crippen molar-refractivity contribution in [3.8, 4) is 5.75 Å². The van der Waals surface area contributed by atoms with Crippen LogP contribution in [0.4, 0.5) is 5.69 Å². The quantitative estimate of drug-likeness (QED) is 0.0389. The van der Waals surface area contributed by atoms with Gasteiger partial charge in [0.25, 0.3) is 5.52 Å². The Morgan fingerprint density at radius 2 is 1.73 bits per heavy atom. The Morgan fingerprint density at radius 3 is 2.49 bits per heavy atom. The summed E-state index contributed by atoms with van der Waals surface area (Å²) < 4.78 is 53.6. The van der Waals surface area contributed by atoms with E-state index in [2.05, 4.69) is 26.1 Å². The summed E-state index contributed by atoms with van der Waals surface area (Å²) in [5, 5.41) is 17.8. The number of aromatic nitrogens is 1. The second-order valence-electron chi connectivity index (χ2n) is 10.6. The molecule has 1 aliphatic heterocycles. The van der Waals surface area contributed by atoms with Crippen LogP contribution in [-0.4, -0.2) is 31.0 Å². The zero-order valence-electron chi connectivity index (χ0n) is 24.5. The molecule has 1 aliphatic rings. The lowest BCUT2D eigenvalue weighted by molar-refractivity contribution is -0.777. The lowest BCUT2D eigenvalue weighted by Gasteiger charge is -2.20. The van der Waals surface area contributed by atoms with Crippen molar-refractivity contribution in [2.75, 3.05) is 23.0 Å². The minimum Gasteiger partial charge on any atom is -0.748 e. The van der Waals surface area contributed by atoms with E-state index in [1.54, 1.807) is 0 Å². The molecule has 0 fully saturated rings.